The maximum absolute atomic E-state index is 10.5. The molecule has 0 atom stereocenters. The second-order valence-corrected chi connectivity index (χ2v) is 5.87. The minimum atomic E-state index is 0.669. The van der Waals surface area contributed by atoms with Gasteiger partial charge in [-0.1, -0.05) is 30.5 Å². The van der Waals surface area contributed by atoms with Gasteiger partial charge >= 0.3 is 0 Å². The Morgan fingerprint density at radius 2 is 2.20 bits per heavy atom. The van der Waals surface area contributed by atoms with Crippen molar-refractivity contribution in [3.63, 3.8) is 0 Å². The van der Waals surface area contributed by atoms with Gasteiger partial charge in [0.05, 0.1) is 12.1 Å². The lowest BCUT2D eigenvalue weighted by molar-refractivity contribution is 0.112. The van der Waals surface area contributed by atoms with Gasteiger partial charge in [-0.2, -0.15) is 0 Å². The third-order valence-electron chi connectivity index (χ3n) is 2.44. The summed E-state index contributed by atoms with van der Waals surface area (Å²) < 4.78 is 3.17. The van der Waals surface area contributed by atoms with Crippen LogP contribution in [0.15, 0.2) is 63.9 Å². The molecule has 1 aliphatic heterocycles. The Balaban J connectivity index is 1.77. The van der Waals surface area contributed by atoms with E-state index in [0.717, 1.165) is 23.4 Å². The van der Waals surface area contributed by atoms with Crippen LogP contribution in [-0.4, -0.2) is 18.4 Å². The van der Waals surface area contributed by atoms with Crippen LogP contribution in [-0.2, 0) is 0 Å². The monoisotopic (exact) mass is 302 g/mol. The Labute approximate surface area is 127 Å². The second-order valence-electron chi connectivity index (χ2n) is 3.97. The molecule has 1 aromatic carbocycles. The number of aldehydes is 1. The normalized spacial score (nSPS) is 15.9. The summed E-state index contributed by atoms with van der Waals surface area (Å²) in [6, 6.07) is 7.27. The molecule has 0 radical (unpaired) electrons. The summed E-state index contributed by atoms with van der Waals surface area (Å²) in [5.41, 5.74) is 3.46. The molecule has 0 spiro atoms. The highest BCUT2D eigenvalue weighted by Crippen LogP contribution is 2.21. The molecule has 102 valence electrons. The zero-order chi connectivity index (χ0) is 14.2. The molecular weight excluding hydrogens is 288 g/mol. The highest BCUT2D eigenvalue weighted by molar-refractivity contribution is 8.15. The van der Waals surface area contributed by atoms with E-state index >= 15 is 0 Å². The van der Waals surface area contributed by atoms with Crippen molar-refractivity contribution in [3.05, 3.63) is 64.4 Å². The van der Waals surface area contributed by atoms with Crippen LogP contribution in [0.3, 0.4) is 0 Å². The molecule has 5 heteroatoms. The van der Waals surface area contributed by atoms with Crippen molar-refractivity contribution in [3.8, 4) is 0 Å². The number of nitrogens with one attached hydrogen (secondary N) is 1. The van der Waals surface area contributed by atoms with Crippen molar-refractivity contribution in [1.29, 1.82) is 0 Å². The van der Waals surface area contributed by atoms with Gasteiger partial charge in [0.15, 0.2) is 0 Å². The number of hydrogen-bond donors (Lipinski definition) is 1. The number of hydrogen-bond acceptors (Lipinski definition) is 5. The minimum Gasteiger partial charge on any atom is -0.326 e. The Bertz CT molecular complexity index is 564. The van der Waals surface area contributed by atoms with Gasteiger partial charge in [0.2, 0.25) is 0 Å². The van der Waals surface area contributed by atoms with E-state index in [1.54, 1.807) is 23.9 Å². The fraction of sp³-hybridized carbons (Fsp3) is 0.0667. The van der Waals surface area contributed by atoms with E-state index in [4.69, 9.17) is 0 Å². The predicted octanol–water partition coefficient (Wildman–Crippen LogP) is 4.29. The Morgan fingerprint density at radius 1 is 1.40 bits per heavy atom. The maximum Gasteiger partial charge on any atom is 0.150 e. The van der Waals surface area contributed by atoms with Crippen molar-refractivity contribution in [2.75, 3.05) is 11.3 Å². The van der Waals surface area contributed by atoms with Crippen molar-refractivity contribution in [1.82, 2.24) is 0 Å². The summed E-state index contributed by atoms with van der Waals surface area (Å²) >= 11 is 3.08. The maximum atomic E-state index is 10.5. The molecule has 0 amide bonds. The van der Waals surface area contributed by atoms with E-state index in [0.29, 0.717) is 5.56 Å². The van der Waals surface area contributed by atoms with Gasteiger partial charge in [0.25, 0.3) is 0 Å². The molecule has 0 unspecified atom stereocenters. The highest BCUT2D eigenvalue weighted by Gasteiger charge is 1.99. The molecule has 0 saturated heterocycles. The van der Waals surface area contributed by atoms with Gasteiger partial charge in [-0.25, -0.2) is 0 Å². The zero-order valence-electron chi connectivity index (χ0n) is 10.8. The molecule has 0 saturated carbocycles. The molecule has 20 heavy (non-hydrogen) atoms. The zero-order valence-corrected chi connectivity index (χ0v) is 12.4. The van der Waals surface area contributed by atoms with Gasteiger partial charge in [0, 0.05) is 21.1 Å². The first-order valence-electron chi connectivity index (χ1n) is 5.97. The highest BCUT2D eigenvalue weighted by atomic mass is 32.2. The molecule has 1 aliphatic rings. The summed E-state index contributed by atoms with van der Waals surface area (Å²) in [7, 11) is 0. The third-order valence-corrected chi connectivity index (χ3v) is 4.00. The van der Waals surface area contributed by atoms with E-state index in [1.807, 2.05) is 35.9 Å². The largest absolute Gasteiger partial charge is 0.326 e. The first-order valence-corrected chi connectivity index (χ1v) is 7.67. The smallest absolute Gasteiger partial charge is 0.150 e. The van der Waals surface area contributed by atoms with Crippen LogP contribution >= 0.6 is 23.7 Å². The number of anilines is 1. The average Bonchev–Trinajstić information content (AvgIpc) is 2.99. The number of nitrogens with zero attached hydrogens (tertiary/aromatic N) is 1. The second kappa shape index (κ2) is 7.77. The van der Waals surface area contributed by atoms with Crippen LogP contribution in [0.4, 0.5) is 5.69 Å². The molecule has 0 bridgehead atoms. The summed E-state index contributed by atoms with van der Waals surface area (Å²) in [6.45, 7) is 4.73. The van der Waals surface area contributed by atoms with E-state index in [2.05, 4.69) is 16.3 Å². The molecule has 0 fully saturated rings. The lowest BCUT2D eigenvalue weighted by Crippen LogP contribution is -1.87. The summed E-state index contributed by atoms with van der Waals surface area (Å²) in [5.74, 6) is 0. The minimum absolute atomic E-state index is 0.669. The number of carbonyl (C=O) groups excluding carboxylic acids is 1. The van der Waals surface area contributed by atoms with Gasteiger partial charge in [0.1, 0.15) is 6.29 Å². The Hall–Kier alpha value is -1.72. The number of thioether (sulfide) groups is 1. The van der Waals surface area contributed by atoms with Gasteiger partial charge in [-0.15, -0.1) is 0 Å². The van der Waals surface area contributed by atoms with Crippen LogP contribution in [0.5, 0.6) is 0 Å². The fourth-order valence-electron chi connectivity index (χ4n) is 1.41. The van der Waals surface area contributed by atoms with Crippen LogP contribution in [0.1, 0.15) is 10.4 Å². The molecule has 1 N–H and O–H groups in total. The van der Waals surface area contributed by atoms with Gasteiger partial charge in [-0.3, -0.25) is 9.79 Å². The first-order chi connectivity index (χ1) is 9.78. The average molecular weight is 302 g/mol. The van der Waals surface area contributed by atoms with Crippen molar-refractivity contribution in [2.24, 2.45) is 4.99 Å². The van der Waals surface area contributed by atoms with E-state index < -0.39 is 0 Å². The first kappa shape index (κ1) is 14.7. The summed E-state index contributed by atoms with van der Waals surface area (Å²) in [5, 5.41) is 0. The van der Waals surface area contributed by atoms with Crippen LogP contribution in [0.2, 0.25) is 0 Å². The summed E-state index contributed by atoms with van der Waals surface area (Å²) in [6.07, 6.45) is 6.80. The molecule has 3 nitrogen and oxygen atoms in total. The quantitative estimate of drug-likeness (QED) is 0.483. The van der Waals surface area contributed by atoms with E-state index in [1.165, 1.54) is 16.9 Å². The van der Waals surface area contributed by atoms with Crippen molar-refractivity contribution >= 4 is 41.2 Å². The number of aliphatic imine (C=N–C) groups is 1. The lowest BCUT2D eigenvalue weighted by Gasteiger charge is -2.04. The van der Waals surface area contributed by atoms with E-state index in [-0.39, 0.29) is 0 Å². The molecular formula is C15H14N2OS2. The van der Waals surface area contributed by atoms with Crippen molar-refractivity contribution in [2.45, 2.75) is 0 Å². The number of allylic oxidation sites excluding steroid dienone is 3. The van der Waals surface area contributed by atoms with E-state index in [9.17, 15) is 4.79 Å². The van der Waals surface area contributed by atoms with Crippen LogP contribution in [0, 0.1) is 0 Å². The van der Waals surface area contributed by atoms with Crippen LogP contribution in [0.25, 0.3) is 0 Å². The number of benzene rings is 1. The van der Waals surface area contributed by atoms with Crippen molar-refractivity contribution < 1.29 is 4.79 Å². The fourth-order valence-corrected chi connectivity index (χ4v) is 2.53. The topological polar surface area (TPSA) is 41.5 Å². The van der Waals surface area contributed by atoms with Gasteiger partial charge < -0.3 is 4.72 Å². The van der Waals surface area contributed by atoms with Crippen LogP contribution < -0.4 is 4.72 Å². The predicted molar refractivity (Wildman–Crippen MR) is 90.4 cm³/mol. The Morgan fingerprint density at radius 3 is 2.85 bits per heavy atom. The standard InChI is InChI=1S/C15H14N2OS2/c1-12(3-2-4-15-9-16-11-19-15)20-17-14-7-5-13(10-18)6-8-14/h2-8,10-11,17H,1,9H2/b3-2-,15-4+. The van der Waals surface area contributed by atoms with Gasteiger partial charge in [-0.05, 0) is 42.3 Å². The molecule has 0 aliphatic carbocycles. The molecule has 1 aromatic rings. The third kappa shape index (κ3) is 4.75. The molecule has 2 rings (SSSR count). The summed E-state index contributed by atoms with van der Waals surface area (Å²) in [4.78, 5) is 16.8. The number of carbonyl (C=O) groups is 1. The Kier molecular flexibility index (Phi) is 5.70. The lowest BCUT2D eigenvalue weighted by atomic mass is 10.2. The number of rotatable bonds is 6. The molecule has 0 aromatic heterocycles. The SMILES string of the molecule is C=C(/C=C\C=C1/CN=CS1)SNc1ccc(C=O)cc1. The molecule has 1 heterocycles.